The molecule has 0 aliphatic heterocycles. The number of carboxylic acids is 1. The van der Waals surface area contributed by atoms with Gasteiger partial charge in [0.25, 0.3) is 0 Å². The van der Waals surface area contributed by atoms with Gasteiger partial charge in [0.15, 0.2) is 6.10 Å². The van der Waals surface area contributed by atoms with Crippen molar-refractivity contribution in [1.29, 1.82) is 0 Å². The summed E-state index contributed by atoms with van der Waals surface area (Å²) in [7, 11) is 0. The number of carbonyl (C=O) groups excluding carboxylic acids is 4. The number of hydrogen-bond donors (Lipinski definition) is 2. The van der Waals surface area contributed by atoms with E-state index in [2.05, 4.69) is 0 Å². The van der Waals surface area contributed by atoms with E-state index in [4.69, 9.17) is 29.2 Å². The van der Waals surface area contributed by atoms with E-state index in [0.29, 0.717) is 0 Å². The lowest BCUT2D eigenvalue weighted by Crippen LogP contribution is -2.31. The summed E-state index contributed by atoms with van der Waals surface area (Å²) in [5.41, 5.74) is 0. The van der Waals surface area contributed by atoms with Gasteiger partial charge in [-0.05, 0) is 13.8 Å². The first-order valence-electron chi connectivity index (χ1n) is 9.13. The van der Waals surface area contributed by atoms with Crippen LogP contribution in [0, 0.1) is 0 Å². The summed E-state index contributed by atoms with van der Waals surface area (Å²) in [5, 5.41) is 17.6. The summed E-state index contributed by atoms with van der Waals surface area (Å²) in [4.78, 5) is 56.6. The Hall–Kier alpha value is -2.69. The smallest absolute Gasteiger partial charge is 0.309 e. The molecule has 11 heteroatoms. The van der Waals surface area contributed by atoms with E-state index in [9.17, 15) is 24.0 Å². The molecular weight excluding hydrogens is 392 g/mol. The van der Waals surface area contributed by atoms with Crippen molar-refractivity contribution >= 4 is 29.8 Å². The molecule has 1 unspecified atom stereocenters. The maximum Gasteiger partial charge on any atom is 0.309 e. The quantitative estimate of drug-likeness (QED) is 0.294. The Morgan fingerprint density at radius 2 is 1.38 bits per heavy atom. The lowest BCUT2D eigenvalue weighted by atomic mass is 10.2. The minimum absolute atomic E-state index is 0.0493. The van der Waals surface area contributed by atoms with Gasteiger partial charge in [-0.3, -0.25) is 24.0 Å². The second-order valence-electron chi connectivity index (χ2n) is 6.28. The number of aliphatic carboxylic acids is 1. The molecule has 0 fully saturated rings. The highest BCUT2D eigenvalue weighted by molar-refractivity contribution is 5.76. The SMILES string of the molecule is CCC(=O)OC(COC(=O)CCC(=O)O)COC(=O)C[C@@H](C)OC(=O)C[C@@H](C)O. The van der Waals surface area contributed by atoms with E-state index in [1.807, 2.05) is 0 Å². The minimum Gasteiger partial charge on any atom is -0.481 e. The van der Waals surface area contributed by atoms with Crippen LogP contribution in [-0.2, 0) is 42.9 Å². The Labute approximate surface area is 168 Å². The van der Waals surface area contributed by atoms with Gasteiger partial charge in [0.05, 0.1) is 31.8 Å². The van der Waals surface area contributed by atoms with E-state index >= 15 is 0 Å². The van der Waals surface area contributed by atoms with Crippen LogP contribution >= 0.6 is 0 Å². The molecule has 0 aliphatic rings. The van der Waals surface area contributed by atoms with Crippen LogP contribution in [0.1, 0.15) is 52.9 Å². The molecule has 0 rings (SSSR count). The predicted octanol–water partition coefficient (Wildman–Crippen LogP) is 0.352. The van der Waals surface area contributed by atoms with Crippen molar-refractivity contribution in [3.63, 3.8) is 0 Å². The zero-order valence-corrected chi connectivity index (χ0v) is 16.8. The van der Waals surface area contributed by atoms with Crippen LogP contribution in [-0.4, -0.2) is 71.6 Å². The Balaban J connectivity index is 4.46. The number of aliphatic hydroxyl groups is 1. The second-order valence-corrected chi connectivity index (χ2v) is 6.28. The Morgan fingerprint density at radius 3 is 1.90 bits per heavy atom. The van der Waals surface area contributed by atoms with Crippen LogP contribution in [0.15, 0.2) is 0 Å². The van der Waals surface area contributed by atoms with Crippen molar-refractivity contribution < 1.29 is 53.1 Å². The third-order valence-corrected chi connectivity index (χ3v) is 3.24. The summed E-state index contributed by atoms with van der Waals surface area (Å²) in [6.07, 6.45) is -3.90. The van der Waals surface area contributed by atoms with Gasteiger partial charge < -0.3 is 29.2 Å². The average molecular weight is 420 g/mol. The van der Waals surface area contributed by atoms with Gasteiger partial charge in [-0.15, -0.1) is 0 Å². The van der Waals surface area contributed by atoms with Crippen molar-refractivity contribution in [3.05, 3.63) is 0 Å². The van der Waals surface area contributed by atoms with Gasteiger partial charge in [-0.1, -0.05) is 6.92 Å². The first-order valence-corrected chi connectivity index (χ1v) is 9.13. The fraction of sp³-hybridized carbons (Fsp3) is 0.722. The van der Waals surface area contributed by atoms with Crippen molar-refractivity contribution in [3.8, 4) is 0 Å². The van der Waals surface area contributed by atoms with Crippen LogP contribution in [0.2, 0.25) is 0 Å². The molecule has 2 N–H and O–H groups in total. The summed E-state index contributed by atoms with van der Waals surface area (Å²) in [6, 6.07) is 0. The van der Waals surface area contributed by atoms with Crippen LogP contribution in [0.4, 0.5) is 0 Å². The summed E-state index contributed by atoms with van der Waals surface area (Å²) in [6.45, 7) is 3.64. The van der Waals surface area contributed by atoms with E-state index < -0.39 is 67.8 Å². The maximum absolute atomic E-state index is 11.9. The molecule has 3 atom stereocenters. The molecule has 11 nitrogen and oxygen atoms in total. The highest BCUT2D eigenvalue weighted by atomic mass is 16.6. The van der Waals surface area contributed by atoms with Gasteiger partial charge in [-0.2, -0.15) is 0 Å². The van der Waals surface area contributed by atoms with Gasteiger partial charge in [-0.25, -0.2) is 0 Å². The largest absolute Gasteiger partial charge is 0.481 e. The molecule has 0 aromatic carbocycles. The standard InChI is InChI=1S/C18H28O11/c1-4-15(22)29-13(9-26-16(23)6-5-14(20)21)10-27-17(24)8-12(3)28-18(25)7-11(2)19/h11-13,19H,4-10H2,1-3H3,(H,20,21)/t11-,12-,13?/m1/s1. The van der Waals surface area contributed by atoms with Gasteiger partial charge in [0.2, 0.25) is 0 Å². The Morgan fingerprint density at radius 1 is 0.793 bits per heavy atom. The molecule has 0 radical (unpaired) electrons. The molecule has 0 saturated heterocycles. The van der Waals surface area contributed by atoms with Crippen LogP contribution < -0.4 is 0 Å². The molecule has 0 aromatic heterocycles. The lowest BCUT2D eigenvalue weighted by Gasteiger charge is -2.18. The monoisotopic (exact) mass is 420 g/mol. The van der Waals surface area contributed by atoms with E-state index in [0.717, 1.165) is 0 Å². The van der Waals surface area contributed by atoms with Gasteiger partial charge in [0, 0.05) is 6.42 Å². The minimum atomic E-state index is -1.16. The van der Waals surface area contributed by atoms with Crippen molar-refractivity contribution in [2.24, 2.45) is 0 Å². The molecule has 0 aromatic rings. The molecular formula is C18H28O11. The van der Waals surface area contributed by atoms with E-state index in [1.54, 1.807) is 6.92 Å². The number of aliphatic hydroxyl groups excluding tert-OH is 1. The molecule has 29 heavy (non-hydrogen) atoms. The van der Waals surface area contributed by atoms with Gasteiger partial charge >= 0.3 is 29.8 Å². The number of carbonyl (C=O) groups is 5. The zero-order valence-electron chi connectivity index (χ0n) is 16.8. The highest BCUT2D eigenvalue weighted by Gasteiger charge is 2.21. The fourth-order valence-electron chi connectivity index (χ4n) is 1.89. The maximum atomic E-state index is 11.9. The number of carboxylic acid groups (broad SMARTS) is 1. The average Bonchev–Trinajstić information content (AvgIpc) is 2.60. The molecule has 0 amide bonds. The van der Waals surface area contributed by atoms with E-state index in [1.165, 1.54) is 13.8 Å². The van der Waals surface area contributed by atoms with Crippen molar-refractivity contribution in [1.82, 2.24) is 0 Å². The molecule has 0 saturated carbocycles. The summed E-state index contributed by atoms with van der Waals surface area (Å²) < 4.78 is 19.8. The first kappa shape index (κ1) is 26.3. The molecule has 0 aliphatic carbocycles. The number of ether oxygens (including phenoxy) is 4. The highest BCUT2D eigenvalue weighted by Crippen LogP contribution is 2.06. The van der Waals surface area contributed by atoms with Crippen molar-refractivity contribution in [2.75, 3.05) is 13.2 Å². The number of rotatable bonds is 14. The topological polar surface area (TPSA) is 163 Å². The van der Waals surface area contributed by atoms with Crippen LogP contribution in [0.25, 0.3) is 0 Å². The number of esters is 4. The third-order valence-electron chi connectivity index (χ3n) is 3.24. The van der Waals surface area contributed by atoms with E-state index in [-0.39, 0.29) is 25.7 Å². The molecule has 0 bridgehead atoms. The zero-order chi connectivity index (χ0) is 22.4. The fourth-order valence-corrected chi connectivity index (χ4v) is 1.89. The second kappa shape index (κ2) is 14.3. The first-order chi connectivity index (χ1) is 13.5. The third kappa shape index (κ3) is 15.0. The normalized spacial score (nSPS) is 13.5. The lowest BCUT2D eigenvalue weighted by molar-refractivity contribution is -0.168. The molecule has 0 heterocycles. The van der Waals surface area contributed by atoms with Crippen LogP contribution in [0.3, 0.4) is 0 Å². The predicted molar refractivity (Wildman–Crippen MR) is 95.4 cm³/mol. The van der Waals surface area contributed by atoms with Gasteiger partial charge in [0.1, 0.15) is 19.3 Å². The Bertz CT molecular complexity index is 570. The van der Waals surface area contributed by atoms with Crippen LogP contribution in [0.5, 0.6) is 0 Å². The number of hydrogen-bond acceptors (Lipinski definition) is 10. The molecule has 166 valence electrons. The summed E-state index contributed by atoms with van der Waals surface area (Å²) >= 11 is 0. The van der Waals surface area contributed by atoms with Crippen molar-refractivity contribution in [2.45, 2.75) is 71.2 Å². The molecule has 0 spiro atoms. The Kier molecular flexibility index (Phi) is 13.0. The summed E-state index contributed by atoms with van der Waals surface area (Å²) in [5.74, 6) is -3.96.